The van der Waals surface area contributed by atoms with Crippen LogP contribution in [0.15, 0.2) is 60.8 Å². The minimum absolute atomic E-state index is 0.125. The van der Waals surface area contributed by atoms with Crippen LogP contribution in [-0.2, 0) is 23.8 Å². The molecule has 77 heavy (non-hydrogen) atoms. The van der Waals surface area contributed by atoms with Crippen LogP contribution in [0.25, 0.3) is 0 Å². The number of aliphatic hydroxyl groups excluding tert-OH is 5. The molecule has 0 aliphatic carbocycles. The first kappa shape index (κ1) is 72.4. The van der Waals surface area contributed by atoms with E-state index in [-0.39, 0.29) is 19.4 Å². The molecule has 0 radical (unpaired) electrons. The van der Waals surface area contributed by atoms with Gasteiger partial charge in [-0.05, 0) is 70.6 Å². The van der Waals surface area contributed by atoms with Gasteiger partial charge in [0.25, 0.3) is 0 Å². The Morgan fingerprint density at radius 2 is 0.896 bits per heavy atom. The van der Waals surface area contributed by atoms with Crippen molar-refractivity contribution in [1.82, 2.24) is 5.32 Å². The Hall–Kier alpha value is -2.64. The van der Waals surface area contributed by atoms with Crippen molar-refractivity contribution in [3.63, 3.8) is 0 Å². The van der Waals surface area contributed by atoms with Crippen LogP contribution in [0, 0.1) is 0 Å². The number of hydrogen-bond acceptors (Lipinski definition) is 10. The summed E-state index contributed by atoms with van der Waals surface area (Å²) in [4.78, 5) is 26.5. The van der Waals surface area contributed by atoms with E-state index in [4.69, 9.17) is 14.2 Å². The van der Waals surface area contributed by atoms with Crippen molar-refractivity contribution in [2.24, 2.45) is 0 Å². The van der Waals surface area contributed by atoms with E-state index in [1.165, 1.54) is 141 Å². The summed E-state index contributed by atoms with van der Waals surface area (Å²) in [5, 5.41) is 57.0. The van der Waals surface area contributed by atoms with Crippen molar-refractivity contribution >= 4 is 11.9 Å². The highest BCUT2D eigenvalue weighted by atomic mass is 16.7. The molecule has 1 saturated heterocycles. The summed E-state index contributed by atoms with van der Waals surface area (Å²) in [5.74, 6) is -1.20. The maximum Gasteiger partial charge on any atom is 0.306 e. The SMILES string of the molecule is CCCCC/C=C\C/C=C\C/C=C\C/C=C\CCCCCCCCC(O)C(=O)NC(COC1OC(CO)C(O)C(O)C1OC(=O)CCCCCCCCCCCCCCCCC)C(O)/C=C/CCCCCCCCCCC. The molecule has 11 nitrogen and oxygen atoms in total. The number of esters is 1. The number of amides is 1. The molecule has 0 aromatic rings. The molecule has 0 saturated carbocycles. The second-order valence-electron chi connectivity index (χ2n) is 22.1. The maximum atomic E-state index is 13.4. The van der Waals surface area contributed by atoms with Gasteiger partial charge < -0.3 is 45.1 Å². The lowest BCUT2D eigenvalue weighted by Crippen LogP contribution is -2.61. The molecular formula is C66H119NO10. The highest BCUT2D eigenvalue weighted by Gasteiger charge is 2.47. The molecule has 0 bridgehead atoms. The summed E-state index contributed by atoms with van der Waals surface area (Å²) in [6.45, 7) is 5.76. The Kier molecular flexibility index (Phi) is 50.7. The van der Waals surface area contributed by atoms with E-state index in [0.29, 0.717) is 12.8 Å². The predicted molar refractivity (Wildman–Crippen MR) is 320 cm³/mol. The van der Waals surface area contributed by atoms with Crippen molar-refractivity contribution in [2.45, 2.75) is 333 Å². The molecule has 1 aliphatic rings. The Bertz CT molecular complexity index is 1480. The fourth-order valence-corrected chi connectivity index (χ4v) is 9.81. The van der Waals surface area contributed by atoms with Crippen LogP contribution in [0.2, 0.25) is 0 Å². The smallest absolute Gasteiger partial charge is 0.306 e. The van der Waals surface area contributed by atoms with Crippen LogP contribution in [0.4, 0.5) is 0 Å². The quantitative estimate of drug-likeness (QED) is 0.0195. The number of carbonyl (C=O) groups is 2. The lowest BCUT2D eigenvalue weighted by molar-refractivity contribution is -0.305. The third kappa shape index (κ3) is 42.0. The molecule has 1 fully saturated rings. The van der Waals surface area contributed by atoms with Crippen molar-refractivity contribution < 1.29 is 49.3 Å². The van der Waals surface area contributed by atoms with Crippen LogP contribution in [-0.4, -0.2) is 99.6 Å². The van der Waals surface area contributed by atoms with Gasteiger partial charge in [0.1, 0.15) is 24.4 Å². The number of ether oxygens (including phenoxy) is 3. The Labute approximate surface area is 471 Å². The minimum Gasteiger partial charge on any atom is -0.454 e. The Balaban J connectivity index is 2.65. The van der Waals surface area contributed by atoms with E-state index >= 15 is 0 Å². The van der Waals surface area contributed by atoms with Gasteiger partial charge >= 0.3 is 5.97 Å². The molecule has 1 heterocycles. The fraction of sp³-hybridized carbons (Fsp3) is 0.818. The van der Waals surface area contributed by atoms with E-state index in [9.17, 15) is 35.1 Å². The van der Waals surface area contributed by atoms with Crippen molar-refractivity contribution in [1.29, 1.82) is 0 Å². The van der Waals surface area contributed by atoms with Gasteiger partial charge in [0.05, 0.1) is 25.4 Å². The lowest BCUT2D eigenvalue weighted by Gasteiger charge is -2.41. The molecule has 11 heteroatoms. The highest BCUT2D eigenvalue weighted by molar-refractivity contribution is 5.80. The maximum absolute atomic E-state index is 13.4. The average Bonchev–Trinajstić information content (AvgIpc) is 3.43. The van der Waals surface area contributed by atoms with Crippen molar-refractivity contribution in [3.8, 4) is 0 Å². The summed E-state index contributed by atoms with van der Waals surface area (Å²) in [6.07, 6.45) is 56.8. The summed E-state index contributed by atoms with van der Waals surface area (Å²) in [6, 6.07) is -1.03. The molecule has 0 spiro atoms. The van der Waals surface area contributed by atoms with Gasteiger partial charge in [-0.25, -0.2) is 0 Å². The van der Waals surface area contributed by atoms with Gasteiger partial charge in [-0.15, -0.1) is 0 Å². The molecular weight excluding hydrogens is 967 g/mol. The van der Waals surface area contributed by atoms with Crippen LogP contribution < -0.4 is 5.32 Å². The summed E-state index contributed by atoms with van der Waals surface area (Å²) < 4.78 is 17.6. The van der Waals surface area contributed by atoms with Crippen molar-refractivity contribution in [3.05, 3.63) is 60.8 Å². The third-order valence-electron chi connectivity index (χ3n) is 14.9. The number of rotatable bonds is 54. The van der Waals surface area contributed by atoms with Crippen LogP contribution >= 0.6 is 0 Å². The molecule has 0 aromatic carbocycles. The van der Waals surface area contributed by atoms with Crippen LogP contribution in [0.5, 0.6) is 0 Å². The molecule has 6 N–H and O–H groups in total. The molecule has 0 aromatic heterocycles. The number of aliphatic hydroxyl groups is 5. The standard InChI is InChI=1S/C66H119NO10/c1-4-7-10-13-16-19-22-24-26-27-28-29-30-31-32-34-35-38-41-44-47-50-53-59(70)65(74)67-57(58(69)52-49-46-43-40-37-21-18-15-12-9-6-3)56-75-66-64(63(73)62(72)60(55-68)76-66)77-61(71)54-51-48-45-42-39-36-33-25-23-20-17-14-11-8-5-2/h16,19,24,26,28-29,31-32,49,52,57-60,62-64,66,68-70,72-73H,4-15,17-18,20-23,25,27,30,33-48,50-51,53-56H2,1-3H3,(H,67,74)/b19-16-,26-24-,29-28-,32-31-,52-49+. The van der Waals surface area contributed by atoms with E-state index in [0.717, 1.165) is 96.3 Å². The summed E-state index contributed by atoms with van der Waals surface area (Å²) in [5.41, 5.74) is 0. The molecule has 448 valence electrons. The van der Waals surface area contributed by atoms with Gasteiger partial charge in [-0.2, -0.15) is 0 Å². The first-order chi connectivity index (χ1) is 37.7. The van der Waals surface area contributed by atoms with Gasteiger partial charge in [-0.1, -0.05) is 268 Å². The first-order valence-electron chi connectivity index (χ1n) is 32.1. The largest absolute Gasteiger partial charge is 0.454 e. The number of carbonyl (C=O) groups excluding carboxylic acids is 2. The van der Waals surface area contributed by atoms with Gasteiger partial charge in [0, 0.05) is 6.42 Å². The first-order valence-corrected chi connectivity index (χ1v) is 32.1. The summed E-state index contributed by atoms with van der Waals surface area (Å²) in [7, 11) is 0. The Morgan fingerprint density at radius 1 is 0.506 bits per heavy atom. The highest BCUT2D eigenvalue weighted by Crippen LogP contribution is 2.26. The zero-order chi connectivity index (χ0) is 56.1. The average molecular weight is 1090 g/mol. The topological polar surface area (TPSA) is 175 Å². The second-order valence-corrected chi connectivity index (χ2v) is 22.1. The summed E-state index contributed by atoms with van der Waals surface area (Å²) >= 11 is 0. The molecule has 8 atom stereocenters. The number of nitrogens with one attached hydrogen (secondary N) is 1. The zero-order valence-corrected chi connectivity index (χ0v) is 49.6. The second kappa shape index (κ2) is 54.0. The van der Waals surface area contributed by atoms with E-state index in [1.54, 1.807) is 6.08 Å². The predicted octanol–water partition coefficient (Wildman–Crippen LogP) is 15.4. The normalized spacial score (nSPS) is 19.4. The zero-order valence-electron chi connectivity index (χ0n) is 49.6. The molecule has 1 amide bonds. The van der Waals surface area contributed by atoms with Gasteiger partial charge in [0.15, 0.2) is 12.4 Å². The van der Waals surface area contributed by atoms with Gasteiger partial charge in [0.2, 0.25) is 5.91 Å². The van der Waals surface area contributed by atoms with E-state index in [2.05, 4.69) is 74.7 Å². The fourth-order valence-electron chi connectivity index (χ4n) is 9.81. The third-order valence-corrected chi connectivity index (χ3v) is 14.9. The number of allylic oxidation sites excluding steroid dienone is 9. The lowest BCUT2D eigenvalue weighted by atomic mass is 9.99. The monoisotopic (exact) mass is 1090 g/mol. The van der Waals surface area contributed by atoms with Gasteiger partial charge in [-0.3, -0.25) is 9.59 Å². The van der Waals surface area contributed by atoms with Crippen LogP contribution in [0.3, 0.4) is 0 Å². The molecule has 1 aliphatic heterocycles. The van der Waals surface area contributed by atoms with E-state index in [1.807, 2.05) is 6.08 Å². The molecule has 1 rings (SSSR count). The van der Waals surface area contributed by atoms with E-state index < -0.39 is 67.4 Å². The van der Waals surface area contributed by atoms with Crippen LogP contribution in [0.1, 0.15) is 284 Å². The van der Waals surface area contributed by atoms with Crippen molar-refractivity contribution in [2.75, 3.05) is 13.2 Å². The number of unbranched alkanes of at least 4 members (excludes halogenated alkanes) is 32. The molecule has 8 unspecified atom stereocenters. The number of hydrogen-bond donors (Lipinski definition) is 6. The minimum atomic E-state index is -1.61. The Morgan fingerprint density at radius 3 is 1.36 bits per heavy atom.